The molecule has 6 heteroatoms. The number of aryl methyl sites for hydroxylation is 1. The third-order valence-corrected chi connectivity index (χ3v) is 3.93. The molecule has 2 aromatic carbocycles. The van der Waals surface area contributed by atoms with Crippen LogP contribution in [0.15, 0.2) is 48.5 Å². The smallest absolute Gasteiger partial charge is 0.251 e. The highest BCUT2D eigenvalue weighted by atomic mass is 16.5. The lowest BCUT2D eigenvalue weighted by molar-refractivity contribution is -0.0177. The van der Waals surface area contributed by atoms with Gasteiger partial charge < -0.3 is 21.4 Å². The van der Waals surface area contributed by atoms with E-state index >= 15 is 0 Å². The van der Waals surface area contributed by atoms with Gasteiger partial charge in [-0.05, 0) is 35.2 Å². The minimum Gasteiger partial charge on any atom is -0.374 e. The summed E-state index contributed by atoms with van der Waals surface area (Å²) < 4.78 is 0. The van der Waals surface area contributed by atoms with Crippen LogP contribution in [0.25, 0.3) is 11.1 Å². The Bertz CT molecular complexity index is 656. The van der Waals surface area contributed by atoms with E-state index in [9.17, 15) is 9.90 Å². The normalized spacial score (nSPS) is 13.3. The molecule has 0 aromatic heterocycles. The largest absolute Gasteiger partial charge is 0.374 e. The fraction of sp³-hybridized carbons (Fsp3) is 0.278. The summed E-state index contributed by atoms with van der Waals surface area (Å²) in [5.74, 6) is -0.368. The molecule has 0 fully saturated rings. The molecule has 1 amide bonds. The molecule has 2 atom stereocenters. The van der Waals surface area contributed by atoms with E-state index in [-0.39, 0.29) is 12.5 Å². The van der Waals surface area contributed by atoms with E-state index in [0.717, 1.165) is 17.5 Å². The zero-order valence-corrected chi connectivity index (χ0v) is 13.6. The Balaban J connectivity index is 2.09. The van der Waals surface area contributed by atoms with Gasteiger partial charge in [0.15, 0.2) is 0 Å². The quantitative estimate of drug-likeness (QED) is 0.388. The predicted octanol–water partition coefficient (Wildman–Crippen LogP) is 1.27. The van der Waals surface area contributed by atoms with Crippen molar-refractivity contribution in [2.45, 2.75) is 25.6 Å². The molecule has 6 nitrogen and oxygen atoms in total. The number of aliphatic hydroxyl groups excluding tert-OH is 1. The fourth-order valence-electron chi connectivity index (χ4n) is 2.36. The Morgan fingerprint density at radius 1 is 1.08 bits per heavy atom. The van der Waals surface area contributed by atoms with Gasteiger partial charge in [-0.3, -0.25) is 4.79 Å². The van der Waals surface area contributed by atoms with Gasteiger partial charge in [-0.15, -0.1) is 0 Å². The monoisotopic (exact) mass is 329 g/mol. The van der Waals surface area contributed by atoms with Crippen molar-refractivity contribution in [2.24, 2.45) is 5.73 Å². The maximum atomic E-state index is 12.2. The lowest BCUT2D eigenvalue weighted by atomic mass is 10.0. The average Bonchev–Trinajstić information content (AvgIpc) is 2.65. The third-order valence-electron chi connectivity index (χ3n) is 3.93. The number of nitrogens with one attached hydrogen (secondary N) is 2. The van der Waals surface area contributed by atoms with Crippen molar-refractivity contribution in [3.8, 4) is 11.1 Å². The second-order valence-corrected chi connectivity index (χ2v) is 5.52. The first-order chi connectivity index (χ1) is 11.6. The van der Waals surface area contributed by atoms with Gasteiger partial charge in [0.25, 0.3) is 5.91 Å². The van der Waals surface area contributed by atoms with Crippen LogP contribution in [0.1, 0.15) is 22.8 Å². The highest BCUT2D eigenvalue weighted by Crippen LogP contribution is 2.20. The van der Waals surface area contributed by atoms with Crippen LogP contribution in [-0.2, 0) is 6.42 Å². The molecular weight excluding hydrogens is 306 g/mol. The second-order valence-electron chi connectivity index (χ2n) is 5.52. The van der Waals surface area contributed by atoms with Gasteiger partial charge in [0.2, 0.25) is 0 Å². The average molecular weight is 329 g/mol. The van der Waals surface area contributed by atoms with Gasteiger partial charge in [-0.25, -0.2) is 0 Å². The molecule has 128 valence electrons. The summed E-state index contributed by atoms with van der Waals surface area (Å²) in [6.45, 7) is 2.10. The van der Waals surface area contributed by atoms with Crippen LogP contribution >= 0.6 is 0 Å². The molecule has 0 saturated heterocycles. The maximum Gasteiger partial charge on any atom is 0.251 e. The Kier molecular flexibility index (Phi) is 6.45. The topological polar surface area (TPSA) is 108 Å². The maximum absolute atomic E-state index is 12.2. The molecule has 0 aliphatic rings. The first-order valence-electron chi connectivity index (χ1n) is 7.87. The number of benzene rings is 2. The van der Waals surface area contributed by atoms with Gasteiger partial charge in [0.05, 0.1) is 6.04 Å². The van der Waals surface area contributed by atoms with Gasteiger partial charge >= 0.3 is 0 Å². The summed E-state index contributed by atoms with van der Waals surface area (Å²) in [7, 11) is 0. The van der Waals surface area contributed by atoms with Crippen molar-refractivity contribution in [3.05, 3.63) is 59.7 Å². The van der Waals surface area contributed by atoms with Crippen LogP contribution in [0.4, 0.5) is 0 Å². The summed E-state index contributed by atoms with van der Waals surface area (Å²) in [6, 6.07) is 14.7. The van der Waals surface area contributed by atoms with Crippen LogP contribution in [0, 0.1) is 0 Å². The van der Waals surface area contributed by atoms with E-state index in [4.69, 9.17) is 10.9 Å². The van der Waals surface area contributed by atoms with E-state index in [2.05, 4.69) is 36.5 Å². The van der Waals surface area contributed by atoms with Crippen molar-refractivity contribution in [1.82, 2.24) is 10.8 Å². The van der Waals surface area contributed by atoms with E-state index in [1.165, 1.54) is 5.56 Å². The lowest BCUT2D eigenvalue weighted by Crippen LogP contribution is -2.53. The Hall–Kier alpha value is -2.25. The molecule has 0 radical (unpaired) electrons. The van der Waals surface area contributed by atoms with Crippen molar-refractivity contribution in [1.29, 1.82) is 0 Å². The number of carbonyl (C=O) groups is 1. The summed E-state index contributed by atoms with van der Waals surface area (Å²) in [5, 5.41) is 20.8. The van der Waals surface area contributed by atoms with Gasteiger partial charge in [-0.1, -0.05) is 43.3 Å². The van der Waals surface area contributed by atoms with Crippen LogP contribution in [0.3, 0.4) is 0 Å². The molecule has 6 N–H and O–H groups in total. The van der Waals surface area contributed by atoms with Crippen LogP contribution in [-0.4, -0.2) is 35.0 Å². The first kappa shape index (κ1) is 18.1. The van der Waals surface area contributed by atoms with Crippen molar-refractivity contribution < 1.29 is 15.1 Å². The molecule has 0 heterocycles. The SMILES string of the molecule is CCc1ccc(-c2ccc(C(=O)NC(CN)C(O)NO)cc2)cc1. The number of amides is 1. The molecule has 0 aliphatic carbocycles. The number of hydrogen-bond acceptors (Lipinski definition) is 5. The summed E-state index contributed by atoms with van der Waals surface area (Å²) >= 11 is 0. The highest BCUT2D eigenvalue weighted by Gasteiger charge is 2.19. The first-order valence-corrected chi connectivity index (χ1v) is 7.87. The van der Waals surface area contributed by atoms with Crippen molar-refractivity contribution in [2.75, 3.05) is 6.54 Å². The molecule has 0 saturated carbocycles. The molecule has 0 spiro atoms. The van der Waals surface area contributed by atoms with E-state index in [1.54, 1.807) is 17.6 Å². The van der Waals surface area contributed by atoms with E-state index < -0.39 is 12.3 Å². The molecular formula is C18H23N3O3. The number of hydrogen-bond donors (Lipinski definition) is 5. The number of rotatable bonds is 7. The van der Waals surface area contributed by atoms with Crippen molar-refractivity contribution >= 4 is 5.91 Å². The number of nitrogens with two attached hydrogens (primary N) is 1. The van der Waals surface area contributed by atoms with Gasteiger partial charge in [-0.2, -0.15) is 5.48 Å². The molecule has 2 aromatic rings. The summed E-state index contributed by atoms with van der Waals surface area (Å²) in [6.07, 6.45) is -0.328. The molecule has 24 heavy (non-hydrogen) atoms. The Labute approximate surface area is 141 Å². The highest BCUT2D eigenvalue weighted by molar-refractivity contribution is 5.94. The Morgan fingerprint density at radius 2 is 1.62 bits per heavy atom. The lowest BCUT2D eigenvalue weighted by Gasteiger charge is -2.21. The van der Waals surface area contributed by atoms with Crippen molar-refractivity contribution in [3.63, 3.8) is 0 Å². The van der Waals surface area contributed by atoms with Gasteiger partial charge in [0, 0.05) is 12.1 Å². The predicted molar refractivity (Wildman–Crippen MR) is 92.5 cm³/mol. The Morgan fingerprint density at radius 3 is 2.08 bits per heavy atom. The third kappa shape index (κ3) is 4.39. The number of hydroxylamine groups is 1. The molecule has 0 bridgehead atoms. The van der Waals surface area contributed by atoms with Crippen LogP contribution in [0.5, 0.6) is 0 Å². The van der Waals surface area contributed by atoms with Crippen LogP contribution in [0.2, 0.25) is 0 Å². The van der Waals surface area contributed by atoms with Gasteiger partial charge in [0.1, 0.15) is 6.23 Å². The minimum atomic E-state index is -1.32. The molecule has 2 rings (SSSR count). The fourth-order valence-corrected chi connectivity index (χ4v) is 2.36. The number of carbonyl (C=O) groups excluding carboxylic acids is 1. The molecule has 2 unspecified atom stereocenters. The summed E-state index contributed by atoms with van der Waals surface area (Å²) in [4.78, 5) is 12.2. The minimum absolute atomic E-state index is 0.0116. The summed E-state index contributed by atoms with van der Waals surface area (Å²) in [5.41, 5.74) is 11.0. The molecule has 0 aliphatic heterocycles. The zero-order valence-electron chi connectivity index (χ0n) is 13.6. The van der Waals surface area contributed by atoms with E-state index in [0.29, 0.717) is 5.56 Å². The standard InChI is InChI=1S/C18H23N3O3/c1-2-12-3-5-13(6-4-12)14-7-9-15(10-8-14)17(22)20-16(11-19)18(23)21-24/h3-10,16,18,21,23-24H,2,11,19H2,1H3,(H,20,22). The van der Waals surface area contributed by atoms with Crippen LogP contribution < -0.4 is 16.5 Å². The van der Waals surface area contributed by atoms with E-state index in [1.807, 2.05) is 12.1 Å². The number of aliphatic hydroxyl groups is 1. The second kappa shape index (κ2) is 8.56. The zero-order chi connectivity index (χ0) is 17.5.